The fraction of sp³-hybridized carbons (Fsp3) is 0.308. The summed E-state index contributed by atoms with van der Waals surface area (Å²) in [5, 5.41) is 12.8. The Morgan fingerprint density at radius 2 is 2.22 bits per heavy atom. The topological polar surface area (TPSA) is 58.6 Å². The largest absolute Gasteiger partial charge is 0.504 e. The van der Waals surface area contributed by atoms with E-state index in [2.05, 4.69) is 5.32 Å². The number of allylic oxidation sites excluding steroid dienone is 1. The lowest BCUT2D eigenvalue weighted by Gasteiger charge is -2.15. The number of methoxy groups -OCH3 is 1. The summed E-state index contributed by atoms with van der Waals surface area (Å²) in [6.07, 6.45) is 2.90. The third kappa shape index (κ3) is 3.40. The van der Waals surface area contributed by atoms with E-state index in [-0.39, 0.29) is 23.9 Å². The lowest BCUT2D eigenvalue weighted by atomic mass is 10.1. The molecule has 1 aromatic carbocycles. The monoisotopic (exact) mass is 269 g/mol. The van der Waals surface area contributed by atoms with Crippen LogP contribution < -0.4 is 10.1 Å². The molecule has 98 valence electrons. The fourth-order valence-electron chi connectivity index (χ4n) is 1.83. The first kappa shape index (κ1) is 14.4. The second-order valence-corrected chi connectivity index (χ2v) is 3.99. The number of rotatable bonds is 2. The van der Waals surface area contributed by atoms with Crippen LogP contribution in [-0.4, -0.2) is 24.5 Å². The van der Waals surface area contributed by atoms with Gasteiger partial charge in [-0.2, -0.15) is 0 Å². The minimum Gasteiger partial charge on any atom is -0.504 e. The van der Waals surface area contributed by atoms with Crippen LogP contribution in [0.3, 0.4) is 0 Å². The van der Waals surface area contributed by atoms with Gasteiger partial charge in [-0.15, -0.1) is 12.4 Å². The van der Waals surface area contributed by atoms with Gasteiger partial charge in [0.25, 0.3) is 0 Å². The molecule has 1 fully saturated rings. The van der Waals surface area contributed by atoms with E-state index in [1.807, 2.05) is 12.1 Å². The molecule has 0 amide bonds. The van der Waals surface area contributed by atoms with Crippen molar-refractivity contribution in [2.24, 2.45) is 0 Å². The number of Topliss-reactive ketones (excluding diaryl/α,β-unsaturated/α-hetero) is 1. The number of hydrogen-bond acceptors (Lipinski definition) is 4. The molecule has 0 bridgehead atoms. The van der Waals surface area contributed by atoms with Crippen LogP contribution in [0.15, 0.2) is 23.9 Å². The molecule has 0 aromatic heterocycles. The van der Waals surface area contributed by atoms with Crippen molar-refractivity contribution in [3.8, 4) is 11.5 Å². The average Bonchev–Trinajstić information content (AvgIpc) is 2.29. The molecule has 0 spiro atoms. The Morgan fingerprint density at radius 1 is 1.44 bits per heavy atom. The number of phenols is 1. The van der Waals surface area contributed by atoms with Gasteiger partial charge in [-0.1, -0.05) is 6.07 Å². The minimum absolute atomic E-state index is 0. The molecule has 1 aliphatic rings. The number of aromatic hydroxyl groups is 1. The first-order valence-corrected chi connectivity index (χ1v) is 5.52. The molecule has 0 atom stereocenters. The van der Waals surface area contributed by atoms with Gasteiger partial charge in [-0.25, -0.2) is 0 Å². The quantitative estimate of drug-likeness (QED) is 0.863. The summed E-state index contributed by atoms with van der Waals surface area (Å²) in [6.45, 7) is 0.687. The first-order valence-electron chi connectivity index (χ1n) is 5.52. The molecule has 4 nitrogen and oxygen atoms in total. The molecular formula is C13H16ClNO3. The number of nitrogens with one attached hydrogen (secondary N) is 1. The molecule has 18 heavy (non-hydrogen) atoms. The van der Waals surface area contributed by atoms with Crippen molar-refractivity contribution in [2.45, 2.75) is 12.8 Å². The Bertz CT molecular complexity index is 471. The van der Waals surface area contributed by atoms with E-state index in [1.54, 1.807) is 12.1 Å². The van der Waals surface area contributed by atoms with Crippen LogP contribution in [0.4, 0.5) is 0 Å². The molecular weight excluding hydrogens is 254 g/mol. The van der Waals surface area contributed by atoms with Crippen molar-refractivity contribution in [1.29, 1.82) is 0 Å². The molecule has 0 radical (unpaired) electrons. The summed E-state index contributed by atoms with van der Waals surface area (Å²) in [5.74, 6) is 0.788. The van der Waals surface area contributed by atoms with Gasteiger partial charge in [0, 0.05) is 25.1 Å². The first-order chi connectivity index (χ1) is 8.19. The standard InChI is InChI=1S/C13H15NO3.ClH/c1-17-13-3-2-9(7-12(13)16)6-10-8-11(15)4-5-14-10;/h2-3,6-7,14,16H,4-5,8H2,1H3;1H. The molecule has 2 N–H and O–H groups in total. The van der Waals surface area contributed by atoms with Crippen molar-refractivity contribution < 1.29 is 14.6 Å². The predicted molar refractivity (Wildman–Crippen MR) is 72.1 cm³/mol. The van der Waals surface area contributed by atoms with Gasteiger partial charge in [0.05, 0.1) is 7.11 Å². The number of hydrogen-bond donors (Lipinski definition) is 2. The molecule has 0 aliphatic carbocycles. The highest BCUT2D eigenvalue weighted by Crippen LogP contribution is 2.27. The van der Waals surface area contributed by atoms with E-state index in [4.69, 9.17) is 4.74 Å². The Kier molecular flexibility index (Phi) is 5.04. The van der Waals surface area contributed by atoms with E-state index in [0.717, 1.165) is 11.3 Å². The van der Waals surface area contributed by atoms with Crippen LogP contribution in [0.5, 0.6) is 11.5 Å². The van der Waals surface area contributed by atoms with E-state index < -0.39 is 0 Å². The third-order valence-electron chi connectivity index (χ3n) is 2.69. The number of carbonyl (C=O) groups excluding carboxylic acids is 1. The normalized spacial score (nSPS) is 16.9. The molecule has 5 heteroatoms. The van der Waals surface area contributed by atoms with Gasteiger partial charge < -0.3 is 15.2 Å². The second-order valence-electron chi connectivity index (χ2n) is 3.99. The van der Waals surface area contributed by atoms with E-state index in [1.165, 1.54) is 7.11 Å². The van der Waals surface area contributed by atoms with Crippen LogP contribution in [0.1, 0.15) is 18.4 Å². The van der Waals surface area contributed by atoms with Crippen molar-refractivity contribution in [3.63, 3.8) is 0 Å². The number of carbonyl (C=O) groups is 1. The highest BCUT2D eigenvalue weighted by atomic mass is 35.5. The van der Waals surface area contributed by atoms with Crippen molar-refractivity contribution in [3.05, 3.63) is 29.5 Å². The third-order valence-corrected chi connectivity index (χ3v) is 2.69. The molecule has 1 saturated heterocycles. The molecule has 1 aromatic rings. The number of ketones is 1. The SMILES string of the molecule is COc1ccc(C=C2CC(=O)CCN2)cc1O.Cl. The van der Waals surface area contributed by atoms with Gasteiger partial charge in [0.1, 0.15) is 5.78 Å². The van der Waals surface area contributed by atoms with Crippen LogP contribution in [0.25, 0.3) is 6.08 Å². The summed E-state index contributed by atoms with van der Waals surface area (Å²) in [7, 11) is 1.51. The van der Waals surface area contributed by atoms with Crippen LogP contribution in [-0.2, 0) is 4.79 Å². The summed E-state index contributed by atoms with van der Waals surface area (Å²) in [6, 6.07) is 5.16. The summed E-state index contributed by atoms with van der Waals surface area (Å²) >= 11 is 0. The van der Waals surface area contributed by atoms with E-state index >= 15 is 0 Å². The van der Waals surface area contributed by atoms with Crippen molar-refractivity contribution >= 4 is 24.3 Å². The summed E-state index contributed by atoms with van der Waals surface area (Å²) < 4.78 is 4.97. The van der Waals surface area contributed by atoms with Crippen molar-refractivity contribution in [1.82, 2.24) is 5.32 Å². The zero-order valence-electron chi connectivity index (χ0n) is 10.1. The Morgan fingerprint density at radius 3 is 2.83 bits per heavy atom. The molecule has 1 heterocycles. The maximum atomic E-state index is 11.3. The Balaban J connectivity index is 0.00000162. The van der Waals surface area contributed by atoms with Gasteiger partial charge in [-0.05, 0) is 23.8 Å². The highest BCUT2D eigenvalue weighted by Gasteiger charge is 2.12. The number of piperidine rings is 1. The maximum Gasteiger partial charge on any atom is 0.160 e. The van der Waals surface area contributed by atoms with Crippen LogP contribution in [0.2, 0.25) is 0 Å². The summed E-state index contributed by atoms with van der Waals surface area (Å²) in [4.78, 5) is 11.3. The number of benzene rings is 1. The van der Waals surface area contributed by atoms with Crippen LogP contribution in [0, 0.1) is 0 Å². The molecule has 0 unspecified atom stereocenters. The second kappa shape index (κ2) is 6.31. The molecule has 2 rings (SSSR count). The smallest absolute Gasteiger partial charge is 0.160 e. The summed E-state index contributed by atoms with van der Waals surface area (Å²) in [5.41, 5.74) is 1.74. The van der Waals surface area contributed by atoms with E-state index in [0.29, 0.717) is 25.1 Å². The lowest BCUT2D eigenvalue weighted by Crippen LogP contribution is -2.25. The fourth-order valence-corrected chi connectivity index (χ4v) is 1.83. The lowest BCUT2D eigenvalue weighted by molar-refractivity contribution is -0.119. The van der Waals surface area contributed by atoms with Gasteiger partial charge in [0.2, 0.25) is 0 Å². The minimum atomic E-state index is 0. The molecule has 1 aliphatic heterocycles. The Labute approximate surface area is 112 Å². The number of halogens is 1. The van der Waals surface area contributed by atoms with E-state index in [9.17, 15) is 9.90 Å². The average molecular weight is 270 g/mol. The highest BCUT2D eigenvalue weighted by molar-refractivity contribution is 5.85. The number of phenolic OH excluding ortho intramolecular Hbond substituents is 1. The zero-order valence-corrected chi connectivity index (χ0v) is 10.9. The van der Waals surface area contributed by atoms with Gasteiger partial charge in [-0.3, -0.25) is 4.79 Å². The zero-order chi connectivity index (χ0) is 12.3. The number of ether oxygens (including phenoxy) is 1. The maximum absolute atomic E-state index is 11.3. The molecule has 0 saturated carbocycles. The van der Waals surface area contributed by atoms with Crippen molar-refractivity contribution in [2.75, 3.05) is 13.7 Å². The van der Waals surface area contributed by atoms with Crippen LogP contribution >= 0.6 is 12.4 Å². The van der Waals surface area contributed by atoms with Gasteiger partial charge >= 0.3 is 0 Å². The Hall–Kier alpha value is -1.68. The van der Waals surface area contributed by atoms with Gasteiger partial charge in [0.15, 0.2) is 11.5 Å². The predicted octanol–water partition coefficient (Wildman–Crippen LogP) is 2.12.